The molecule has 0 radical (unpaired) electrons. The highest BCUT2D eigenvalue weighted by Crippen LogP contribution is 2.16. The molecule has 0 aliphatic rings. The standard InChI is InChI=1S/C17H24N4O3S/c1-5-13-9-19-15(25-13)10-21-17(18-6-2)20-8-12-7-14(11(3)24-12)16(22)23-4/h7,9H,5-6,8,10H2,1-4H3,(H2,18,20,21). The molecule has 0 saturated heterocycles. The summed E-state index contributed by atoms with van der Waals surface area (Å²) in [6.45, 7) is 7.53. The van der Waals surface area contributed by atoms with E-state index >= 15 is 0 Å². The number of aromatic nitrogens is 1. The van der Waals surface area contributed by atoms with Crippen molar-refractivity contribution in [1.29, 1.82) is 0 Å². The number of carbonyl (C=O) groups is 1. The van der Waals surface area contributed by atoms with E-state index in [0.29, 0.717) is 36.1 Å². The van der Waals surface area contributed by atoms with Gasteiger partial charge in [0, 0.05) is 17.6 Å². The number of aliphatic imine (C=N–C) groups is 1. The number of rotatable bonds is 7. The lowest BCUT2D eigenvalue weighted by Crippen LogP contribution is -2.36. The van der Waals surface area contributed by atoms with E-state index in [4.69, 9.17) is 9.15 Å². The van der Waals surface area contributed by atoms with Gasteiger partial charge in [-0.3, -0.25) is 0 Å². The Kier molecular flexibility index (Phi) is 7.00. The quantitative estimate of drug-likeness (QED) is 0.446. The first-order valence-electron chi connectivity index (χ1n) is 8.20. The van der Waals surface area contributed by atoms with Gasteiger partial charge in [0.25, 0.3) is 0 Å². The first-order chi connectivity index (χ1) is 12.1. The van der Waals surface area contributed by atoms with Crippen molar-refractivity contribution < 1.29 is 13.9 Å². The molecule has 0 atom stereocenters. The summed E-state index contributed by atoms with van der Waals surface area (Å²) in [5.41, 5.74) is 0.431. The molecule has 25 heavy (non-hydrogen) atoms. The fraction of sp³-hybridized carbons (Fsp3) is 0.471. The molecule has 8 heteroatoms. The number of furan rings is 1. The number of carbonyl (C=O) groups excluding carboxylic acids is 1. The molecule has 0 fully saturated rings. The molecule has 7 nitrogen and oxygen atoms in total. The Morgan fingerprint density at radius 1 is 1.40 bits per heavy atom. The van der Waals surface area contributed by atoms with E-state index in [1.165, 1.54) is 12.0 Å². The molecule has 0 amide bonds. The highest BCUT2D eigenvalue weighted by atomic mass is 32.1. The van der Waals surface area contributed by atoms with Gasteiger partial charge in [0.15, 0.2) is 5.96 Å². The highest BCUT2D eigenvalue weighted by Gasteiger charge is 2.15. The van der Waals surface area contributed by atoms with E-state index in [0.717, 1.165) is 18.0 Å². The number of guanidine groups is 1. The fourth-order valence-corrected chi connectivity index (χ4v) is 2.99. The lowest BCUT2D eigenvalue weighted by Gasteiger charge is -2.09. The number of nitrogens with zero attached hydrogens (tertiary/aromatic N) is 2. The maximum absolute atomic E-state index is 11.6. The first kappa shape index (κ1) is 19.0. The Morgan fingerprint density at radius 2 is 2.20 bits per heavy atom. The number of aryl methyl sites for hydroxylation is 2. The van der Waals surface area contributed by atoms with Crippen LogP contribution >= 0.6 is 11.3 Å². The topological polar surface area (TPSA) is 88.8 Å². The molecule has 2 rings (SSSR count). The number of thiazole rings is 1. The Balaban J connectivity index is 2.00. The second-order valence-electron chi connectivity index (χ2n) is 5.30. The Labute approximate surface area is 151 Å². The van der Waals surface area contributed by atoms with E-state index in [1.807, 2.05) is 13.1 Å². The van der Waals surface area contributed by atoms with Crippen LogP contribution in [0.4, 0.5) is 0 Å². The summed E-state index contributed by atoms with van der Waals surface area (Å²) in [6.07, 6.45) is 2.90. The van der Waals surface area contributed by atoms with Crippen molar-refractivity contribution in [2.75, 3.05) is 13.7 Å². The predicted molar refractivity (Wildman–Crippen MR) is 97.9 cm³/mol. The molecule has 2 heterocycles. The molecule has 0 aliphatic carbocycles. The van der Waals surface area contributed by atoms with Crippen LogP contribution in [-0.2, 0) is 24.2 Å². The Hall–Kier alpha value is -2.35. The SMILES string of the molecule is CCNC(=NCc1cc(C(=O)OC)c(C)o1)NCc1ncc(CC)s1. The predicted octanol–water partition coefficient (Wildman–Crippen LogP) is 2.65. The summed E-state index contributed by atoms with van der Waals surface area (Å²) < 4.78 is 10.3. The van der Waals surface area contributed by atoms with Crippen LogP contribution in [0.1, 0.15) is 45.6 Å². The molecule has 0 aromatic carbocycles. The van der Waals surface area contributed by atoms with Gasteiger partial charge >= 0.3 is 5.97 Å². The van der Waals surface area contributed by atoms with Crippen LogP contribution in [0.2, 0.25) is 0 Å². The molecule has 2 aromatic heterocycles. The van der Waals surface area contributed by atoms with Gasteiger partial charge in [0.2, 0.25) is 0 Å². The fourth-order valence-electron chi connectivity index (χ4n) is 2.19. The smallest absolute Gasteiger partial charge is 0.341 e. The monoisotopic (exact) mass is 364 g/mol. The number of nitrogens with one attached hydrogen (secondary N) is 2. The molecule has 136 valence electrons. The van der Waals surface area contributed by atoms with E-state index in [1.54, 1.807) is 24.3 Å². The third-order valence-electron chi connectivity index (χ3n) is 3.47. The average molecular weight is 364 g/mol. The molecular weight excluding hydrogens is 340 g/mol. The van der Waals surface area contributed by atoms with Crippen LogP contribution in [-0.4, -0.2) is 30.6 Å². The summed E-state index contributed by atoms with van der Waals surface area (Å²) in [5.74, 6) is 1.41. The third-order valence-corrected chi connectivity index (χ3v) is 4.61. The zero-order valence-corrected chi connectivity index (χ0v) is 15.8. The summed E-state index contributed by atoms with van der Waals surface area (Å²) >= 11 is 1.69. The third kappa shape index (κ3) is 5.32. The van der Waals surface area contributed by atoms with Gasteiger partial charge in [-0.15, -0.1) is 11.3 Å². The number of methoxy groups -OCH3 is 1. The number of ether oxygens (including phenoxy) is 1. The van der Waals surface area contributed by atoms with E-state index in [-0.39, 0.29) is 0 Å². The van der Waals surface area contributed by atoms with Gasteiger partial charge in [-0.1, -0.05) is 6.92 Å². The van der Waals surface area contributed by atoms with Crippen molar-refractivity contribution in [3.63, 3.8) is 0 Å². The van der Waals surface area contributed by atoms with Crippen LogP contribution in [0, 0.1) is 6.92 Å². The minimum Gasteiger partial charge on any atom is -0.465 e. The van der Waals surface area contributed by atoms with Crippen molar-refractivity contribution in [2.45, 2.75) is 40.3 Å². The average Bonchev–Trinajstić information content (AvgIpc) is 3.23. The van der Waals surface area contributed by atoms with Gasteiger partial charge in [-0.2, -0.15) is 0 Å². The highest BCUT2D eigenvalue weighted by molar-refractivity contribution is 7.11. The number of hydrogen-bond donors (Lipinski definition) is 2. The molecule has 2 aromatic rings. The van der Waals surface area contributed by atoms with Crippen LogP contribution < -0.4 is 10.6 Å². The lowest BCUT2D eigenvalue weighted by molar-refractivity contribution is 0.0599. The van der Waals surface area contributed by atoms with Crippen molar-refractivity contribution in [3.05, 3.63) is 39.2 Å². The largest absolute Gasteiger partial charge is 0.465 e. The normalized spacial score (nSPS) is 11.4. The van der Waals surface area contributed by atoms with Crippen molar-refractivity contribution in [1.82, 2.24) is 15.6 Å². The Morgan fingerprint density at radius 3 is 2.84 bits per heavy atom. The number of esters is 1. The molecule has 0 unspecified atom stereocenters. The van der Waals surface area contributed by atoms with Crippen molar-refractivity contribution in [2.24, 2.45) is 4.99 Å². The molecule has 2 N–H and O–H groups in total. The lowest BCUT2D eigenvalue weighted by atomic mass is 10.2. The van der Waals surface area contributed by atoms with E-state index in [9.17, 15) is 4.79 Å². The van der Waals surface area contributed by atoms with Crippen LogP contribution in [0.5, 0.6) is 0 Å². The number of hydrogen-bond acceptors (Lipinski definition) is 6. The molecule has 0 saturated carbocycles. The molecule has 0 bridgehead atoms. The minimum absolute atomic E-state index is 0.325. The zero-order chi connectivity index (χ0) is 18.2. The Bertz CT molecular complexity index is 736. The van der Waals surface area contributed by atoms with E-state index < -0.39 is 5.97 Å². The second-order valence-corrected chi connectivity index (χ2v) is 6.50. The summed E-state index contributed by atoms with van der Waals surface area (Å²) in [6, 6.07) is 1.67. The van der Waals surface area contributed by atoms with Crippen molar-refractivity contribution in [3.8, 4) is 0 Å². The van der Waals surface area contributed by atoms with Gasteiger partial charge < -0.3 is 19.8 Å². The zero-order valence-electron chi connectivity index (χ0n) is 15.0. The molecular formula is C17H24N4O3S. The van der Waals surface area contributed by atoms with Crippen molar-refractivity contribution >= 4 is 23.3 Å². The molecule has 0 spiro atoms. The maximum Gasteiger partial charge on any atom is 0.341 e. The van der Waals surface area contributed by atoms with Gasteiger partial charge in [-0.05, 0) is 26.3 Å². The van der Waals surface area contributed by atoms with Crippen LogP contribution in [0.15, 0.2) is 21.7 Å². The van der Waals surface area contributed by atoms with Crippen LogP contribution in [0.25, 0.3) is 0 Å². The first-order valence-corrected chi connectivity index (χ1v) is 9.02. The summed E-state index contributed by atoms with van der Waals surface area (Å²) in [5, 5.41) is 7.45. The van der Waals surface area contributed by atoms with Gasteiger partial charge in [0.05, 0.1) is 13.7 Å². The van der Waals surface area contributed by atoms with Crippen LogP contribution in [0.3, 0.4) is 0 Å². The second kappa shape index (κ2) is 9.22. The minimum atomic E-state index is -0.406. The summed E-state index contributed by atoms with van der Waals surface area (Å²) in [4.78, 5) is 21.8. The van der Waals surface area contributed by atoms with E-state index in [2.05, 4.69) is 27.5 Å². The molecule has 0 aliphatic heterocycles. The summed E-state index contributed by atoms with van der Waals surface area (Å²) in [7, 11) is 1.35. The van der Waals surface area contributed by atoms with Gasteiger partial charge in [-0.25, -0.2) is 14.8 Å². The van der Waals surface area contributed by atoms with Gasteiger partial charge in [0.1, 0.15) is 28.6 Å². The maximum atomic E-state index is 11.6.